The standard InChI is InChI=1S/C20H24N2O/c1-3-21(4-2)14-15-22-19(16-10-6-5-7-11-16)17-12-8-9-13-18(17)20(22)23/h5-13,19H,3-4,14-15H2,1-2H3/t19-/m1/s1. The first-order chi connectivity index (χ1) is 11.3. The van der Waals surface area contributed by atoms with E-state index in [1.165, 1.54) is 5.56 Å². The second-order valence-corrected chi connectivity index (χ2v) is 5.93. The maximum atomic E-state index is 12.9. The van der Waals surface area contributed by atoms with Crippen LogP contribution in [0.2, 0.25) is 0 Å². The molecule has 1 aliphatic heterocycles. The van der Waals surface area contributed by atoms with Crippen LogP contribution >= 0.6 is 0 Å². The number of rotatable bonds is 6. The minimum absolute atomic E-state index is 0.0375. The summed E-state index contributed by atoms with van der Waals surface area (Å²) in [6, 6.07) is 18.4. The van der Waals surface area contributed by atoms with Crippen molar-refractivity contribution >= 4 is 5.91 Å². The fourth-order valence-electron chi connectivity index (χ4n) is 3.38. The van der Waals surface area contributed by atoms with Gasteiger partial charge in [0, 0.05) is 18.7 Å². The van der Waals surface area contributed by atoms with Crippen molar-refractivity contribution in [2.75, 3.05) is 26.2 Å². The minimum atomic E-state index is 0.0375. The molecular weight excluding hydrogens is 284 g/mol. The molecule has 0 saturated heterocycles. The van der Waals surface area contributed by atoms with Crippen molar-refractivity contribution in [3.63, 3.8) is 0 Å². The highest BCUT2D eigenvalue weighted by Gasteiger charge is 2.36. The predicted octanol–water partition coefficient (Wildman–Crippen LogP) is 3.57. The summed E-state index contributed by atoms with van der Waals surface area (Å²) in [5, 5.41) is 0. The van der Waals surface area contributed by atoms with Crippen molar-refractivity contribution in [3.05, 3.63) is 71.3 Å². The molecule has 23 heavy (non-hydrogen) atoms. The molecule has 0 unspecified atom stereocenters. The van der Waals surface area contributed by atoms with Crippen LogP contribution in [0.15, 0.2) is 54.6 Å². The molecule has 2 aromatic carbocycles. The largest absolute Gasteiger partial charge is 0.326 e. The Balaban J connectivity index is 1.92. The van der Waals surface area contributed by atoms with Crippen LogP contribution < -0.4 is 0 Å². The fraction of sp³-hybridized carbons (Fsp3) is 0.350. The molecule has 3 rings (SSSR count). The van der Waals surface area contributed by atoms with E-state index in [2.05, 4.69) is 36.9 Å². The summed E-state index contributed by atoms with van der Waals surface area (Å²) in [4.78, 5) is 17.3. The van der Waals surface area contributed by atoms with E-state index >= 15 is 0 Å². The average molecular weight is 308 g/mol. The zero-order valence-electron chi connectivity index (χ0n) is 13.9. The van der Waals surface area contributed by atoms with Crippen molar-refractivity contribution in [1.82, 2.24) is 9.80 Å². The first kappa shape index (κ1) is 15.8. The van der Waals surface area contributed by atoms with Gasteiger partial charge in [0.15, 0.2) is 0 Å². The van der Waals surface area contributed by atoms with E-state index in [4.69, 9.17) is 0 Å². The van der Waals surface area contributed by atoms with Gasteiger partial charge < -0.3 is 9.80 Å². The first-order valence-electron chi connectivity index (χ1n) is 8.43. The van der Waals surface area contributed by atoms with Gasteiger partial charge in [-0.1, -0.05) is 62.4 Å². The van der Waals surface area contributed by atoms with Crippen molar-refractivity contribution in [2.45, 2.75) is 19.9 Å². The van der Waals surface area contributed by atoms with Gasteiger partial charge in [-0.15, -0.1) is 0 Å². The summed E-state index contributed by atoms with van der Waals surface area (Å²) in [7, 11) is 0. The molecule has 1 heterocycles. The number of carbonyl (C=O) groups is 1. The van der Waals surface area contributed by atoms with Gasteiger partial charge in [-0.3, -0.25) is 4.79 Å². The van der Waals surface area contributed by atoms with Crippen LogP contribution in [0.5, 0.6) is 0 Å². The Morgan fingerprint density at radius 2 is 1.61 bits per heavy atom. The topological polar surface area (TPSA) is 23.6 Å². The Morgan fingerprint density at radius 1 is 0.957 bits per heavy atom. The third-order valence-electron chi connectivity index (χ3n) is 4.73. The Bertz CT molecular complexity index is 664. The molecule has 1 aliphatic rings. The molecule has 1 amide bonds. The molecule has 120 valence electrons. The maximum Gasteiger partial charge on any atom is 0.255 e. The second-order valence-electron chi connectivity index (χ2n) is 5.93. The molecule has 0 N–H and O–H groups in total. The normalized spacial score (nSPS) is 16.9. The molecule has 3 heteroatoms. The predicted molar refractivity (Wildman–Crippen MR) is 93.6 cm³/mol. The van der Waals surface area contributed by atoms with Crippen LogP contribution in [0.4, 0.5) is 0 Å². The lowest BCUT2D eigenvalue weighted by atomic mass is 9.98. The number of benzene rings is 2. The number of hydrogen-bond donors (Lipinski definition) is 0. The highest BCUT2D eigenvalue weighted by Crippen LogP contribution is 2.37. The van der Waals surface area contributed by atoms with Gasteiger partial charge in [-0.2, -0.15) is 0 Å². The lowest BCUT2D eigenvalue weighted by Crippen LogP contribution is -2.37. The smallest absolute Gasteiger partial charge is 0.255 e. The molecule has 0 spiro atoms. The minimum Gasteiger partial charge on any atom is -0.326 e. The van der Waals surface area contributed by atoms with Crippen LogP contribution in [0.25, 0.3) is 0 Å². The lowest BCUT2D eigenvalue weighted by Gasteiger charge is -2.28. The molecule has 0 bridgehead atoms. The third-order valence-corrected chi connectivity index (χ3v) is 4.73. The molecule has 0 fully saturated rings. The van der Waals surface area contributed by atoms with Crippen LogP contribution in [-0.4, -0.2) is 41.9 Å². The van der Waals surface area contributed by atoms with Gasteiger partial charge in [-0.25, -0.2) is 0 Å². The summed E-state index contributed by atoms with van der Waals surface area (Å²) in [6.07, 6.45) is 0. The van der Waals surface area contributed by atoms with E-state index in [-0.39, 0.29) is 11.9 Å². The Labute approximate surface area is 138 Å². The van der Waals surface area contributed by atoms with Gasteiger partial charge in [-0.05, 0) is 30.3 Å². The van der Waals surface area contributed by atoms with E-state index in [0.717, 1.165) is 37.3 Å². The average Bonchev–Trinajstić information content (AvgIpc) is 2.89. The number of carbonyl (C=O) groups excluding carboxylic acids is 1. The van der Waals surface area contributed by atoms with E-state index in [0.29, 0.717) is 0 Å². The Kier molecular flexibility index (Phi) is 4.77. The van der Waals surface area contributed by atoms with Crippen LogP contribution in [0.3, 0.4) is 0 Å². The second kappa shape index (κ2) is 6.97. The van der Waals surface area contributed by atoms with Gasteiger partial charge in [0.25, 0.3) is 5.91 Å². The summed E-state index contributed by atoms with van der Waals surface area (Å²) >= 11 is 0. The van der Waals surface area contributed by atoms with E-state index in [1.54, 1.807) is 0 Å². The zero-order valence-corrected chi connectivity index (χ0v) is 13.9. The van der Waals surface area contributed by atoms with Crippen molar-refractivity contribution in [3.8, 4) is 0 Å². The number of fused-ring (bicyclic) bond motifs is 1. The van der Waals surface area contributed by atoms with Gasteiger partial charge in [0.2, 0.25) is 0 Å². The molecule has 2 aromatic rings. The summed E-state index contributed by atoms with van der Waals surface area (Å²) in [5.41, 5.74) is 3.16. The van der Waals surface area contributed by atoms with Gasteiger partial charge in [0.05, 0.1) is 6.04 Å². The molecule has 3 nitrogen and oxygen atoms in total. The van der Waals surface area contributed by atoms with Crippen molar-refractivity contribution in [2.24, 2.45) is 0 Å². The molecule has 1 atom stereocenters. The van der Waals surface area contributed by atoms with E-state index in [9.17, 15) is 4.79 Å². The quantitative estimate of drug-likeness (QED) is 0.814. The zero-order chi connectivity index (χ0) is 16.2. The van der Waals surface area contributed by atoms with Crippen LogP contribution in [0.1, 0.15) is 41.4 Å². The highest BCUT2D eigenvalue weighted by molar-refractivity contribution is 5.99. The lowest BCUT2D eigenvalue weighted by molar-refractivity contribution is 0.0729. The third kappa shape index (κ3) is 3.02. The SMILES string of the molecule is CCN(CC)CCN1C(=O)c2ccccc2[C@H]1c1ccccc1. The van der Waals surface area contributed by atoms with Crippen LogP contribution in [0, 0.1) is 0 Å². The summed E-state index contributed by atoms with van der Waals surface area (Å²) in [6.45, 7) is 8.03. The number of amides is 1. The van der Waals surface area contributed by atoms with Crippen molar-refractivity contribution in [1.29, 1.82) is 0 Å². The Hall–Kier alpha value is -2.13. The van der Waals surface area contributed by atoms with Crippen molar-refractivity contribution < 1.29 is 4.79 Å². The molecule has 0 aliphatic carbocycles. The molecule has 0 aromatic heterocycles. The van der Waals surface area contributed by atoms with Crippen LogP contribution in [-0.2, 0) is 0 Å². The highest BCUT2D eigenvalue weighted by atomic mass is 16.2. The van der Waals surface area contributed by atoms with E-state index < -0.39 is 0 Å². The number of hydrogen-bond acceptors (Lipinski definition) is 2. The number of likely N-dealkylation sites (N-methyl/N-ethyl adjacent to an activating group) is 1. The summed E-state index contributed by atoms with van der Waals surface area (Å²) in [5.74, 6) is 0.154. The molecule has 0 radical (unpaired) electrons. The Morgan fingerprint density at radius 3 is 2.30 bits per heavy atom. The number of nitrogens with zero attached hydrogens (tertiary/aromatic N) is 2. The first-order valence-corrected chi connectivity index (χ1v) is 8.43. The fourth-order valence-corrected chi connectivity index (χ4v) is 3.38. The van der Waals surface area contributed by atoms with E-state index in [1.807, 2.05) is 41.3 Å². The maximum absolute atomic E-state index is 12.9. The monoisotopic (exact) mass is 308 g/mol. The van der Waals surface area contributed by atoms with Gasteiger partial charge in [0.1, 0.15) is 0 Å². The summed E-state index contributed by atoms with van der Waals surface area (Å²) < 4.78 is 0. The molecule has 0 saturated carbocycles. The van der Waals surface area contributed by atoms with Gasteiger partial charge >= 0.3 is 0 Å². The molecular formula is C20H24N2O.